The zero-order valence-corrected chi connectivity index (χ0v) is 14.4. The minimum atomic E-state index is -4.90. The number of nitrogens with zero attached hydrogens (tertiary/aromatic N) is 4. The van der Waals surface area contributed by atoms with Crippen LogP contribution >= 0.6 is 23.1 Å². The van der Waals surface area contributed by atoms with Crippen LogP contribution in [0.25, 0.3) is 11.3 Å². The molecular formula is C14H8F6N4S2. The molecule has 26 heavy (non-hydrogen) atoms. The number of hydrogen-bond donors (Lipinski definition) is 0. The highest BCUT2D eigenvalue weighted by molar-refractivity contribution is 8.00. The van der Waals surface area contributed by atoms with Gasteiger partial charge in [-0.25, -0.2) is 4.98 Å². The van der Waals surface area contributed by atoms with Gasteiger partial charge in [0.1, 0.15) is 6.33 Å². The lowest BCUT2D eigenvalue weighted by Gasteiger charge is -2.13. The predicted octanol–water partition coefficient (Wildman–Crippen LogP) is 5.13. The maximum atomic E-state index is 12.9. The Morgan fingerprint density at radius 2 is 1.62 bits per heavy atom. The van der Waals surface area contributed by atoms with E-state index in [9.17, 15) is 26.3 Å². The van der Waals surface area contributed by atoms with Gasteiger partial charge in [0.25, 0.3) is 0 Å². The first-order chi connectivity index (χ1) is 12.0. The van der Waals surface area contributed by atoms with E-state index in [1.54, 1.807) is 11.6 Å². The maximum absolute atomic E-state index is 12.9. The van der Waals surface area contributed by atoms with Gasteiger partial charge in [-0.05, 0) is 30.0 Å². The molecule has 2 aromatic heterocycles. The second-order valence-corrected chi connectivity index (χ2v) is 7.19. The normalized spacial score (nSPS) is 12.6. The largest absolute Gasteiger partial charge is 0.416 e. The van der Waals surface area contributed by atoms with Gasteiger partial charge in [0, 0.05) is 18.0 Å². The number of thiazole rings is 1. The molecule has 0 amide bonds. The molecule has 0 unspecified atom stereocenters. The summed E-state index contributed by atoms with van der Waals surface area (Å²) in [5.74, 6) is 0. The molecule has 12 heteroatoms. The molecule has 0 saturated carbocycles. The molecule has 0 aliphatic heterocycles. The first-order valence-electron chi connectivity index (χ1n) is 6.81. The number of alkyl halides is 6. The average Bonchev–Trinajstić information content (AvgIpc) is 3.15. The van der Waals surface area contributed by atoms with E-state index in [2.05, 4.69) is 15.2 Å². The molecular weight excluding hydrogens is 402 g/mol. The molecule has 1 aromatic carbocycles. The standard InChI is InChI=1S/C14H8F6N4S2/c1-24-6-21-23-11(24)26-12-22-10(5-25-12)7-2-8(13(15,16)17)4-9(3-7)14(18,19)20/h2-6H,1H3. The first kappa shape index (κ1) is 18.7. The molecule has 0 aliphatic carbocycles. The molecule has 0 saturated heterocycles. The molecule has 3 aromatic rings. The lowest BCUT2D eigenvalue weighted by Crippen LogP contribution is -2.11. The smallest absolute Gasteiger partial charge is 0.311 e. The summed E-state index contributed by atoms with van der Waals surface area (Å²) >= 11 is 2.19. The van der Waals surface area contributed by atoms with Crippen molar-refractivity contribution in [3.63, 3.8) is 0 Å². The summed E-state index contributed by atoms with van der Waals surface area (Å²) in [6, 6.07) is 1.40. The number of halogens is 6. The summed E-state index contributed by atoms with van der Waals surface area (Å²) in [4.78, 5) is 4.11. The third-order valence-electron chi connectivity index (χ3n) is 3.21. The van der Waals surface area contributed by atoms with E-state index >= 15 is 0 Å². The molecule has 0 radical (unpaired) electrons. The zero-order valence-electron chi connectivity index (χ0n) is 12.8. The van der Waals surface area contributed by atoms with E-state index < -0.39 is 23.5 Å². The summed E-state index contributed by atoms with van der Waals surface area (Å²) in [5, 5.41) is 9.40. The van der Waals surface area contributed by atoms with Crippen molar-refractivity contribution in [1.29, 1.82) is 0 Å². The molecule has 3 rings (SSSR count). The molecule has 4 nitrogen and oxygen atoms in total. The van der Waals surface area contributed by atoms with Gasteiger partial charge in [0.2, 0.25) is 0 Å². The van der Waals surface area contributed by atoms with Crippen LogP contribution in [0.5, 0.6) is 0 Å². The second-order valence-electron chi connectivity index (χ2n) is 5.12. The third kappa shape index (κ3) is 4.01. The molecule has 0 fully saturated rings. The summed E-state index contributed by atoms with van der Waals surface area (Å²) in [6.07, 6.45) is -8.34. The molecule has 0 atom stereocenters. The van der Waals surface area contributed by atoms with Crippen molar-refractivity contribution in [2.75, 3.05) is 0 Å². The number of hydrogen-bond acceptors (Lipinski definition) is 5. The molecule has 138 valence electrons. The first-order valence-corrected chi connectivity index (χ1v) is 8.51. The van der Waals surface area contributed by atoms with Gasteiger partial charge in [0.05, 0.1) is 16.8 Å². The van der Waals surface area contributed by atoms with Crippen molar-refractivity contribution in [1.82, 2.24) is 19.7 Å². The minimum absolute atomic E-state index is 0.0243. The van der Waals surface area contributed by atoms with Crippen LogP contribution in [0.4, 0.5) is 26.3 Å². The minimum Gasteiger partial charge on any atom is -0.311 e. The van der Waals surface area contributed by atoms with Crippen molar-refractivity contribution in [2.24, 2.45) is 7.05 Å². The van der Waals surface area contributed by atoms with Crippen molar-refractivity contribution < 1.29 is 26.3 Å². The van der Waals surface area contributed by atoms with Crippen molar-refractivity contribution in [3.05, 3.63) is 41.0 Å². The van der Waals surface area contributed by atoms with E-state index in [1.807, 2.05) is 0 Å². The zero-order chi connectivity index (χ0) is 19.1. The van der Waals surface area contributed by atoms with Gasteiger partial charge in [0.15, 0.2) is 9.50 Å². The molecule has 0 aliphatic rings. The molecule has 2 heterocycles. The SMILES string of the molecule is Cn1cnnc1Sc1nc(-c2cc(C(F)(F)F)cc(C(F)(F)F)c2)cs1. The third-order valence-corrected chi connectivity index (χ3v) is 5.21. The molecule has 0 spiro atoms. The fourth-order valence-corrected chi connectivity index (χ4v) is 3.67. The van der Waals surface area contributed by atoms with E-state index in [0.29, 0.717) is 21.6 Å². The van der Waals surface area contributed by atoms with E-state index in [-0.39, 0.29) is 17.3 Å². The lowest BCUT2D eigenvalue weighted by atomic mass is 10.0. The van der Waals surface area contributed by atoms with Gasteiger partial charge in [-0.1, -0.05) is 0 Å². The summed E-state index contributed by atoms with van der Waals surface area (Å²) < 4.78 is 79.7. The van der Waals surface area contributed by atoms with E-state index in [1.165, 1.54) is 11.7 Å². The van der Waals surface area contributed by atoms with Gasteiger partial charge in [-0.15, -0.1) is 21.5 Å². The number of benzene rings is 1. The lowest BCUT2D eigenvalue weighted by molar-refractivity contribution is -0.143. The van der Waals surface area contributed by atoms with Crippen LogP contribution < -0.4 is 0 Å². The molecule has 0 bridgehead atoms. The van der Waals surface area contributed by atoms with Crippen molar-refractivity contribution in [3.8, 4) is 11.3 Å². The Labute approximate surface area is 150 Å². The quantitative estimate of drug-likeness (QED) is 0.562. The monoisotopic (exact) mass is 410 g/mol. The van der Waals surface area contributed by atoms with Crippen LogP contribution in [-0.4, -0.2) is 19.7 Å². The Hall–Kier alpha value is -2.08. The highest BCUT2D eigenvalue weighted by Crippen LogP contribution is 2.39. The predicted molar refractivity (Wildman–Crippen MR) is 82.7 cm³/mol. The summed E-state index contributed by atoms with van der Waals surface area (Å²) in [6.45, 7) is 0. The number of rotatable bonds is 3. The van der Waals surface area contributed by atoms with Crippen LogP contribution in [0.1, 0.15) is 11.1 Å². The van der Waals surface area contributed by atoms with Crippen LogP contribution in [0.2, 0.25) is 0 Å². The highest BCUT2D eigenvalue weighted by Gasteiger charge is 2.37. The number of aromatic nitrogens is 4. The van der Waals surface area contributed by atoms with Crippen LogP contribution in [0.15, 0.2) is 39.4 Å². The number of aryl methyl sites for hydroxylation is 1. The fraction of sp³-hybridized carbons (Fsp3) is 0.214. The summed E-state index contributed by atoms with van der Waals surface area (Å²) in [5.41, 5.74) is -2.99. The van der Waals surface area contributed by atoms with Gasteiger partial charge in [-0.3, -0.25) is 0 Å². The molecule has 0 N–H and O–H groups in total. The topological polar surface area (TPSA) is 43.6 Å². The Balaban J connectivity index is 2.00. The van der Waals surface area contributed by atoms with E-state index in [0.717, 1.165) is 23.1 Å². The Bertz CT molecular complexity index is 896. The Morgan fingerprint density at radius 1 is 1.00 bits per heavy atom. The average molecular weight is 410 g/mol. The van der Waals surface area contributed by atoms with Crippen LogP contribution in [0.3, 0.4) is 0 Å². The van der Waals surface area contributed by atoms with Gasteiger partial charge in [-0.2, -0.15) is 26.3 Å². The van der Waals surface area contributed by atoms with E-state index in [4.69, 9.17) is 0 Å². The highest BCUT2D eigenvalue weighted by atomic mass is 32.2. The van der Waals surface area contributed by atoms with Gasteiger partial charge < -0.3 is 4.57 Å². The van der Waals surface area contributed by atoms with Crippen LogP contribution in [0, 0.1) is 0 Å². The Morgan fingerprint density at radius 3 is 2.12 bits per heavy atom. The fourth-order valence-electron chi connectivity index (χ4n) is 1.98. The Kier molecular flexibility index (Phi) is 4.73. The van der Waals surface area contributed by atoms with Crippen molar-refractivity contribution in [2.45, 2.75) is 21.8 Å². The van der Waals surface area contributed by atoms with Crippen molar-refractivity contribution >= 4 is 23.1 Å². The van der Waals surface area contributed by atoms with Crippen LogP contribution in [-0.2, 0) is 19.4 Å². The van der Waals surface area contributed by atoms with Gasteiger partial charge >= 0.3 is 12.4 Å². The maximum Gasteiger partial charge on any atom is 0.416 e. The summed E-state index contributed by atoms with van der Waals surface area (Å²) in [7, 11) is 1.69. The second kappa shape index (κ2) is 6.58.